The summed E-state index contributed by atoms with van der Waals surface area (Å²) in [6.45, 7) is 4.99. The Hall–Kier alpha value is -0.570. The molecule has 0 spiro atoms. The first-order chi connectivity index (χ1) is 5.06. The number of aliphatic hydroxyl groups excluding tert-OH is 1. The molecule has 2 atom stereocenters. The normalized spacial score (nSPS) is 11.5. The van der Waals surface area contributed by atoms with Gasteiger partial charge in [0.1, 0.15) is 6.10 Å². The molecule has 98 valence electrons. The monoisotopic (exact) mass is 224 g/mol. The van der Waals surface area contributed by atoms with Crippen LogP contribution in [0, 0.1) is 0 Å². The van der Waals surface area contributed by atoms with Crippen molar-refractivity contribution in [3.63, 3.8) is 0 Å². The SMILES string of the molecule is C.C.C.C.CCC(CC(C)O)OC(C)=O. The fourth-order valence-corrected chi connectivity index (χ4v) is 0.913. The predicted molar refractivity (Wildman–Crippen MR) is 69.1 cm³/mol. The number of ether oxygens (including phenoxy) is 1. The molecule has 0 heterocycles. The molecule has 0 amide bonds. The van der Waals surface area contributed by atoms with E-state index in [1.165, 1.54) is 6.92 Å². The van der Waals surface area contributed by atoms with Crippen molar-refractivity contribution in [2.45, 2.75) is 75.5 Å². The van der Waals surface area contributed by atoms with Crippen LogP contribution in [0.2, 0.25) is 0 Å². The highest BCUT2D eigenvalue weighted by Crippen LogP contribution is 2.06. The van der Waals surface area contributed by atoms with Gasteiger partial charge in [0.05, 0.1) is 6.10 Å². The van der Waals surface area contributed by atoms with Crippen LogP contribution in [0.15, 0.2) is 0 Å². The molecule has 3 nitrogen and oxygen atoms in total. The quantitative estimate of drug-likeness (QED) is 0.741. The lowest BCUT2D eigenvalue weighted by atomic mass is 10.1. The third-order valence-electron chi connectivity index (χ3n) is 1.39. The first kappa shape index (κ1) is 29.3. The lowest BCUT2D eigenvalue weighted by molar-refractivity contribution is -0.147. The van der Waals surface area contributed by atoms with Crippen molar-refractivity contribution >= 4 is 5.97 Å². The average Bonchev–Trinajstić information content (AvgIpc) is 1.84. The Kier molecular flexibility index (Phi) is 31.0. The first-order valence-corrected chi connectivity index (χ1v) is 3.91. The topological polar surface area (TPSA) is 46.5 Å². The first-order valence-electron chi connectivity index (χ1n) is 3.91. The van der Waals surface area contributed by atoms with Gasteiger partial charge in [-0.3, -0.25) is 4.79 Å². The molecule has 15 heavy (non-hydrogen) atoms. The van der Waals surface area contributed by atoms with Gasteiger partial charge in [-0.15, -0.1) is 0 Å². The Bertz CT molecular complexity index is 122. The number of rotatable bonds is 4. The summed E-state index contributed by atoms with van der Waals surface area (Å²) in [6, 6.07) is 0. The second-order valence-corrected chi connectivity index (χ2v) is 2.72. The Labute approximate surface area is 96.8 Å². The van der Waals surface area contributed by atoms with Gasteiger partial charge in [0.2, 0.25) is 0 Å². The minimum Gasteiger partial charge on any atom is -0.462 e. The molecule has 0 aliphatic carbocycles. The van der Waals surface area contributed by atoms with Gasteiger partial charge >= 0.3 is 5.97 Å². The van der Waals surface area contributed by atoms with Crippen LogP contribution in [0.5, 0.6) is 0 Å². The molecule has 0 fully saturated rings. The maximum atomic E-state index is 10.5. The van der Waals surface area contributed by atoms with Crippen LogP contribution in [0.4, 0.5) is 0 Å². The van der Waals surface area contributed by atoms with E-state index in [1.54, 1.807) is 6.92 Å². The van der Waals surface area contributed by atoms with E-state index in [0.717, 1.165) is 6.42 Å². The van der Waals surface area contributed by atoms with Crippen molar-refractivity contribution in [2.75, 3.05) is 0 Å². The van der Waals surface area contributed by atoms with Gasteiger partial charge < -0.3 is 9.84 Å². The highest BCUT2D eigenvalue weighted by molar-refractivity contribution is 5.66. The summed E-state index contributed by atoms with van der Waals surface area (Å²) in [6.07, 6.45) is 0.743. The molecular weight excluding hydrogens is 192 g/mol. The number of carbonyl (C=O) groups excluding carboxylic acids is 1. The van der Waals surface area contributed by atoms with Crippen LogP contribution in [0.1, 0.15) is 63.3 Å². The van der Waals surface area contributed by atoms with Gasteiger partial charge in [-0.25, -0.2) is 0 Å². The molecule has 0 aromatic heterocycles. The molecule has 0 aromatic rings. The van der Waals surface area contributed by atoms with Crippen molar-refractivity contribution in [1.82, 2.24) is 0 Å². The van der Waals surface area contributed by atoms with Crippen molar-refractivity contribution in [3.8, 4) is 0 Å². The standard InChI is InChI=1S/C8H16O3.4CH4/c1-4-8(5-6(2)9)11-7(3)10;;;;/h6,8-9H,4-5H2,1-3H3;4*1H4. The van der Waals surface area contributed by atoms with Gasteiger partial charge in [0.25, 0.3) is 0 Å². The highest BCUT2D eigenvalue weighted by atomic mass is 16.5. The lowest BCUT2D eigenvalue weighted by Gasteiger charge is -2.15. The second-order valence-electron chi connectivity index (χ2n) is 2.72. The smallest absolute Gasteiger partial charge is 0.302 e. The summed E-state index contributed by atoms with van der Waals surface area (Å²) in [4.78, 5) is 10.5. The van der Waals surface area contributed by atoms with Gasteiger partial charge in [-0.1, -0.05) is 36.6 Å². The summed E-state index contributed by atoms with van der Waals surface area (Å²) in [7, 11) is 0. The summed E-state index contributed by atoms with van der Waals surface area (Å²) < 4.78 is 4.91. The molecule has 0 bridgehead atoms. The van der Waals surface area contributed by atoms with Crippen molar-refractivity contribution in [2.24, 2.45) is 0 Å². The van der Waals surface area contributed by atoms with Crippen molar-refractivity contribution in [1.29, 1.82) is 0 Å². The summed E-state index contributed by atoms with van der Waals surface area (Å²) in [5.41, 5.74) is 0. The van der Waals surface area contributed by atoms with Gasteiger partial charge in [0, 0.05) is 13.3 Å². The van der Waals surface area contributed by atoms with Gasteiger partial charge in [-0.2, -0.15) is 0 Å². The van der Waals surface area contributed by atoms with E-state index in [4.69, 9.17) is 9.84 Å². The number of aliphatic hydroxyl groups is 1. The molecule has 0 radical (unpaired) electrons. The van der Waals surface area contributed by atoms with E-state index in [9.17, 15) is 4.79 Å². The summed E-state index contributed by atoms with van der Waals surface area (Å²) >= 11 is 0. The Morgan fingerprint density at radius 3 is 1.87 bits per heavy atom. The summed E-state index contributed by atoms with van der Waals surface area (Å²) in [5.74, 6) is -0.280. The molecule has 3 heteroatoms. The molecular formula is C12H32O3. The zero-order valence-corrected chi connectivity index (χ0v) is 7.33. The zero-order valence-electron chi connectivity index (χ0n) is 7.33. The average molecular weight is 224 g/mol. The Morgan fingerprint density at radius 1 is 1.27 bits per heavy atom. The number of hydrogen-bond acceptors (Lipinski definition) is 3. The predicted octanol–water partition coefficient (Wildman–Crippen LogP) is 3.64. The highest BCUT2D eigenvalue weighted by Gasteiger charge is 2.11. The third kappa shape index (κ3) is 19.7. The maximum Gasteiger partial charge on any atom is 0.302 e. The summed E-state index contributed by atoms with van der Waals surface area (Å²) in [5, 5.41) is 8.98. The van der Waals surface area contributed by atoms with Gasteiger partial charge in [0.15, 0.2) is 0 Å². The molecule has 0 saturated carbocycles. The molecule has 0 aliphatic heterocycles. The van der Waals surface area contributed by atoms with Crippen LogP contribution in [0.25, 0.3) is 0 Å². The molecule has 0 rings (SSSR count). The zero-order chi connectivity index (χ0) is 8.85. The number of carbonyl (C=O) groups is 1. The van der Waals surface area contributed by atoms with E-state index in [2.05, 4.69) is 0 Å². The molecule has 1 N–H and O–H groups in total. The van der Waals surface area contributed by atoms with Crippen molar-refractivity contribution in [3.05, 3.63) is 0 Å². The van der Waals surface area contributed by atoms with E-state index >= 15 is 0 Å². The fourth-order valence-electron chi connectivity index (χ4n) is 0.913. The largest absolute Gasteiger partial charge is 0.462 e. The van der Waals surface area contributed by atoms with Crippen LogP contribution in [0.3, 0.4) is 0 Å². The second kappa shape index (κ2) is 15.9. The molecule has 0 aliphatic rings. The molecule has 0 aromatic carbocycles. The van der Waals surface area contributed by atoms with E-state index in [1.807, 2.05) is 6.92 Å². The van der Waals surface area contributed by atoms with Crippen LogP contribution in [-0.2, 0) is 9.53 Å². The van der Waals surface area contributed by atoms with Gasteiger partial charge in [-0.05, 0) is 13.3 Å². The third-order valence-corrected chi connectivity index (χ3v) is 1.39. The van der Waals surface area contributed by atoms with E-state index < -0.39 is 6.10 Å². The van der Waals surface area contributed by atoms with Crippen LogP contribution in [-0.4, -0.2) is 23.3 Å². The van der Waals surface area contributed by atoms with Crippen LogP contribution < -0.4 is 0 Å². The molecule has 2 unspecified atom stereocenters. The number of esters is 1. The van der Waals surface area contributed by atoms with E-state index in [-0.39, 0.29) is 41.8 Å². The van der Waals surface area contributed by atoms with E-state index in [0.29, 0.717) is 6.42 Å². The Balaban J connectivity index is -0.0000000833. The van der Waals surface area contributed by atoms with Crippen molar-refractivity contribution < 1.29 is 14.6 Å². The minimum absolute atomic E-state index is 0. The lowest BCUT2D eigenvalue weighted by Crippen LogP contribution is -2.20. The van der Waals surface area contributed by atoms with Crippen LogP contribution >= 0.6 is 0 Å². The maximum absolute atomic E-state index is 10.5. The number of hydrogen-bond donors (Lipinski definition) is 1. The fraction of sp³-hybridized carbons (Fsp3) is 0.917. The minimum atomic E-state index is -0.403. The Morgan fingerprint density at radius 2 is 1.67 bits per heavy atom. The molecule has 0 saturated heterocycles.